The minimum atomic E-state index is -4.22. The molecule has 1 saturated carbocycles. The van der Waals surface area contributed by atoms with Gasteiger partial charge in [-0.05, 0) is 0 Å². The van der Waals surface area contributed by atoms with E-state index in [9.17, 15) is 17.2 Å². The van der Waals surface area contributed by atoms with E-state index in [-0.39, 0.29) is 52.8 Å². The molecule has 1 fully saturated rings. The first kappa shape index (κ1) is 12.4. The van der Waals surface area contributed by atoms with Crippen LogP contribution in [-0.4, -0.2) is 24.1 Å². The third-order valence-corrected chi connectivity index (χ3v) is 2.65. The molecule has 0 atom stereocenters. The second-order valence-electron chi connectivity index (χ2n) is 2.40. The summed E-state index contributed by atoms with van der Waals surface area (Å²) in [6.07, 6.45) is -1.49. The van der Waals surface area contributed by atoms with Crippen LogP contribution in [0.25, 0.3) is 0 Å². The summed E-state index contributed by atoms with van der Waals surface area (Å²) in [5.41, 5.74) is 0. The molecular weight excluding hydrogens is 205 g/mol. The first-order valence-corrected chi connectivity index (χ1v) is 4.16. The van der Waals surface area contributed by atoms with Crippen molar-refractivity contribution in [3.05, 3.63) is 0 Å². The molecule has 3 nitrogen and oxygen atoms in total. The normalized spacial score (nSPS) is 23.5. The van der Waals surface area contributed by atoms with Crippen LogP contribution < -0.4 is 51.4 Å². The summed E-state index contributed by atoms with van der Waals surface area (Å²) < 4.78 is 52.3. The molecule has 0 aliphatic heterocycles. The Balaban J connectivity index is 0. The molecule has 0 heterocycles. The van der Waals surface area contributed by atoms with Gasteiger partial charge in [0.1, 0.15) is 0 Å². The van der Waals surface area contributed by atoms with E-state index in [1.54, 1.807) is 0 Å². The van der Waals surface area contributed by atoms with Crippen LogP contribution in [0.15, 0.2) is 0 Å². The summed E-state index contributed by atoms with van der Waals surface area (Å²) in [5, 5.41) is -1.25. The minimum Gasteiger partial charge on any atom is -1.00 e. The van der Waals surface area contributed by atoms with Gasteiger partial charge in [-0.25, -0.2) is 8.78 Å². The van der Waals surface area contributed by atoms with Crippen molar-refractivity contribution in [3.63, 3.8) is 0 Å². The molecule has 1 aliphatic carbocycles. The Bertz CT molecular complexity index is 235. The van der Waals surface area contributed by atoms with Crippen molar-refractivity contribution in [2.45, 2.75) is 24.0 Å². The van der Waals surface area contributed by atoms with Crippen LogP contribution in [-0.2, 0) is 10.1 Å². The molecule has 0 bridgehead atoms. The molecule has 0 aromatic carbocycles. The summed E-state index contributed by atoms with van der Waals surface area (Å²) in [7, 11) is -4.22. The van der Waals surface area contributed by atoms with E-state index in [2.05, 4.69) is 0 Å². The molecule has 0 spiro atoms. The third-order valence-electron chi connectivity index (χ3n) is 1.47. The van der Waals surface area contributed by atoms with Gasteiger partial charge >= 0.3 is 51.4 Å². The Morgan fingerprint density at radius 3 is 1.91 bits per heavy atom. The zero-order chi connectivity index (χ0) is 7.99. The van der Waals surface area contributed by atoms with Gasteiger partial charge in [0.25, 0.3) is 16.0 Å². The SMILES string of the molecule is O=S(=O)(O)C1CC(F)(F)C1.[H-].[K+]. The van der Waals surface area contributed by atoms with Crippen LogP contribution >= 0.6 is 0 Å². The van der Waals surface area contributed by atoms with E-state index in [1.165, 1.54) is 0 Å². The van der Waals surface area contributed by atoms with Gasteiger partial charge in [0.05, 0.1) is 5.25 Å². The van der Waals surface area contributed by atoms with Crippen LogP contribution in [0, 0.1) is 0 Å². The fourth-order valence-corrected chi connectivity index (χ4v) is 1.73. The summed E-state index contributed by atoms with van der Waals surface area (Å²) in [5.74, 6) is -2.89. The van der Waals surface area contributed by atoms with Crippen molar-refractivity contribution >= 4 is 10.1 Å². The van der Waals surface area contributed by atoms with Gasteiger partial charge in [0, 0.05) is 12.8 Å². The smallest absolute Gasteiger partial charge is 1.00 e. The molecule has 0 unspecified atom stereocenters. The van der Waals surface area contributed by atoms with E-state index in [4.69, 9.17) is 4.55 Å². The number of rotatable bonds is 1. The van der Waals surface area contributed by atoms with Gasteiger partial charge < -0.3 is 1.43 Å². The standard InChI is InChI=1S/C4H6F2O3S.K.H/c5-4(6)1-3(2-4)10(7,8)9;;/h3H,1-2H2,(H,7,8,9);;/q;+1;-1. The zero-order valence-corrected chi connectivity index (χ0v) is 9.86. The summed E-state index contributed by atoms with van der Waals surface area (Å²) in [4.78, 5) is 0. The molecule has 11 heavy (non-hydrogen) atoms. The van der Waals surface area contributed by atoms with E-state index in [1.807, 2.05) is 0 Å². The molecule has 0 saturated heterocycles. The third kappa shape index (κ3) is 3.33. The molecule has 0 aromatic heterocycles. The molecule has 0 aromatic rings. The quantitative estimate of drug-likeness (QED) is 0.396. The van der Waals surface area contributed by atoms with E-state index >= 15 is 0 Å². The van der Waals surface area contributed by atoms with Gasteiger partial charge in [-0.1, -0.05) is 0 Å². The van der Waals surface area contributed by atoms with Crippen LogP contribution in [0.4, 0.5) is 8.78 Å². The topological polar surface area (TPSA) is 54.4 Å². The Morgan fingerprint density at radius 2 is 1.82 bits per heavy atom. The van der Waals surface area contributed by atoms with Gasteiger partial charge in [-0.15, -0.1) is 0 Å². The van der Waals surface area contributed by atoms with Crippen LogP contribution in [0.5, 0.6) is 0 Å². The fourth-order valence-electron chi connectivity index (χ4n) is 0.817. The molecule has 0 radical (unpaired) electrons. The number of hydrogen-bond acceptors (Lipinski definition) is 2. The average molecular weight is 212 g/mol. The Labute approximate surface area is 107 Å². The monoisotopic (exact) mass is 212 g/mol. The van der Waals surface area contributed by atoms with Gasteiger partial charge in [-0.3, -0.25) is 4.55 Å². The Hall–Kier alpha value is 1.41. The molecule has 7 heteroatoms. The van der Waals surface area contributed by atoms with E-state index in [0.717, 1.165) is 0 Å². The van der Waals surface area contributed by atoms with Crippen LogP contribution in [0.1, 0.15) is 14.3 Å². The average Bonchev–Trinajstić information content (AvgIpc) is 1.56. The molecular formula is C4H7F2KO3S. The van der Waals surface area contributed by atoms with Gasteiger partial charge in [0.15, 0.2) is 0 Å². The molecule has 0 amide bonds. The van der Waals surface area contributed by atoms with Crippen molar-refractivity contribution in [1.29, 1.82) is 0 Å². The van der Waals surface area contributed by atoms with Crippen molar-refractivity contribution in [2.75, 3.05) is 0 Å². The molecule has 1 aliphatic rings. The van der Waals surface area contributed by atoms with Crippen molar-refractivity contribution < 1.29 is 74.6 Å². The number of hydrogen-bond donors (Lipinski definition) is 1. The van der Waals surface area contributed by atoms with Crippen molar-refractivity contribution in [2.24, 2.45) is 0 Å². The zero-order valence-electron chi connectivity index (χ0n) is 6.92. The van der Waals surface area contributed by atoms with E-state index < -0.39 is 34.1 Å². The Morgan fingerprint density at radius 1 is 1.45 bits per heavy atom. The summed E-state index contributed by atoms with van der Waals surface area (Å²) in [6.45, 7) is 0. The van der Waals surface area contributed by atoms with Crippen LogP contribution in [0.3, 0.4) is 0 Å². The van der Waals surface area contributed by atoms with Crippen molar-refractivity contribution in [3.8, 4) is 0 Å². The maximum atomic E-state index is 11.9. The van der Waals surface area contributed by atoms with Gasteiger partial charge in [-0.2, -0.15) is 8.42 Å². The second kappa shape index (κ2) is 3.65. The molecule has 1 N–H and O–H groups in total. The predicted molar refractivity (Wildman–Crippen MR) is 30.6 cm³/mol. The largest absolute Gasteiger partial charge is 1.00 e. The maximum Gasteiger partial charge on any atom is 1.00 e. The number of alkyl halides is 2. The number of halogens is 2. The first-order chi connectivity index (χ1) is 4.31. The van der Waals surface area contributed by atoms with Gasteiger partial charge in [0.2, 0.25) is 0 Å². The first-order valence-electron chi connectivity index (χ1n) is 2.65. The summed E-state index contributed by atoms with van der Waals surface area (Å²) in [6, 6.07) is 0. The van der Waals surface area contributed by atoms with E-state index in [0.29, 0.717) is 0 Å². The second-order valence-corrected chi connectivity index (χ2v) is 4.10. The minimum absolute atomic E-state index is 0. The van der Waals surface area contributed by atoms with Crippen molar-refractivity contribution in [1.82, 2.24) is 0 Å². The summed E-state index contributed by atoms with van der Waals surface area (Å²) >= 11 is 0. The van der Waals surface area contributed by atoms with Crippen LogP contribution in [0.2, 0.25) is 0 Å². The molecule has 1 rings (SSSR count). The predicted octanol–water partition coefficient (Wildman–Crippen LogP) is -2.21. The maximum absolute atomic E-state index is 11.9. The fraction of sp³-hybridized carbons (Fsp3) is 1.00. The molecule has 62 valence electrons. The Kier molecular flexibility index (Phi) is 4.11.